The molecule has 2 aromatic carbocycles. The molecule has 1 aliphatic heterocycles. The summed E-state index contributed by atoms with van der Waals surface area (Å²) in [5.41, 5.74) is 1.97. The van der Waals surface area contributed by atoms with Crippen LogP contribution in [0.4, 0.5) is 0 Å². The number of nitrogens with one attached hydrogen (secondary N) is 1. The standard InChI is InChI=1S/C25H31N3O3S/c1-3-4-5-6-7-15-31-21-13-11-19(12-14-21)18-26-28-25-27-24(29)23(32-25)17-20-9-8-10-22(16-20)30-2/h8-14,16,18,23H,3-7,15,17H2,1-2H3,(H,27,28,29)/b26-18+. The number of thioether (sulfide) groups is 1. The van der Waals surface area contributed by atoms with E-state index >= 15 is 0 Å². The van der Waals surface area contributed by atoms with Gasteiger partial charge in [-0.15, -0.1) is 5.10 Å². The summed E-state index contributed by atoms with van der Waals surface area (Å²) in [5, 5.41) is 11.4. The van der Waals surface area contributed by atoms with Crippen molar-refractivity contribution >= 4 is 29.1 Å². The predicted molar refractivity (Wildman–Crippen MR) is 132 cm³/mol. The highest BCUT2D eigenvalue weighted by molar-refractivity contribution is 8.15. The zero-order valence-electron chi connectivity index (χ0n) is 18.8. The third kappa shape index (κ3) is 7.71. The van der Waals surface area contributed by atoms with Gasteiger partial charge >= 0.3 is 0 Å². The second kappa shape index (κ2) is 12.9. The first-order valence-corrected chi connectivity index (χ1v) is 12.0. The monoisotopic (exact) mass is 453 g/mol. The number of hydrogen-bond donors (Lipinski definition) is 1. The molecule has 0 radical (unpaired) electrons. The summed E-state index contributed by atoms with van der Waals surface area (Å²) in [6, 6.07) is 15.5. The molecule has 6 nitrogen and oxygen atoms in total. The van der Waals surface area contributed by atoms with Gasteiger partial charge in [0.2, 0.25) is 5.91 Å². The molecule has 32 heavy (non-hydrogen) atoms. The van der Waals surface area contributed by atoms with Gasteiger partial charge in [-0.2, -0.15) is 5.10 Å². The maximum absolute atomic E-state index is 12.3. The number of ether oxygens (including phenoxy) is 2. The van der Waals surface area contributed by atoms with Crippen LogP contribution in [-0.4, -0.2) is 36.3 Å². The van der Waals surface area contributed by atoms with Crippen molar-refractivity contribution < 1.29 is 14.3 Å². The molecule has 1 unspecified atom stereocenters. The van der Waals surface area contributed by atoms with Gasteiger partial charge in [-0.3, -0.25) is 4.79 Å². The Labute approximate surface area is 194 Å². The van der Waals surface area contributed by atoms with E-state index < -0.39 is 0 Å². The molecule has 1 N–H and O–H groups in total. The minimum Gasteiger partial charge on any atom is -0.497 e. The number of rotatable bonds is 12. The van der Waals surface area contributed by atoms with Gasteiger partial charge in [0.05, 0.1) is 25.2 Å². The number of nitrogens with zero attached hydrogens (tertiary/aromatic N) is 2. The summed E-state index contributed by atoms with van der Waals surface area (Å²) < 4.78 is 11.0. The number of carbonyl (C=O) groups excluding carboxylic acids is 1. The van der Waals surface area contributed by atoms with E-state index in [0.29, 0.717) is 11.6 Å². The summed E-state index contributed by atoms with van der Waals surface area (Å²) in [7, 11) is 1.63. The van der Waals surface area contributed by atoms with Crippen LogP contribution in [0.25, 0.3) is 0 Å². The van der Waals surface area contributed by atoms with Gasteiger partial charge in [-0.25, -0.2) is 0 Å². The van der Waals surface area contributed by atoms with Crippen LogP contribution in [0.1, 0.15) is 50.2 Å². The number of amides is 1. The molecule has 1 fully saturated rings. The molecule has 1 heterocycles. The van der Waals surface area contributed by atoms with Crippen molar-refractivity contribution in [2.75, 3.05) is 13.7 Å². The van der Waals surface area contributed by atoms with Crippen molar-refractivity contribution in [2.24, 2.45) is 10.2 Å². The highest BCUT2D eigenvalue weighted by Crippen LogP contribution is 2.25. The molecule has 1 aliphatic rings. The Kier molecular flexibility index (Phi) is 9.62. The van der Waals surface area contributed by atoms with E-state index in [0.717, 1.165) is 35.7 Å². The number of carbonyl (C=O) groups is 1. The van der Waals surface area contributed by atoms with E-state index in [1.165, 1.54) is 37.4 Å². The fraction of sp³-hybridized carbons (Fsp3) is 0.400. The normalized spacial score (nSPS) is 17.1. The first-order chi connectivity index (χ1) is 15.7. The van der Waals surface area contributed by atoms with Crippen LogP contribution in [-0.2, 0) is 11.2 Å². The molecular formula is C25H31N3O3S. The number of benzene rings is 2. The molecule has 1 saturated heterocycles. The van der Waals surface area contributed by atoms with Gasteiger partial charge in [0, 0.05) is 0 Å². The average molecular weight is 454 g/mol. The molecule has 1 atom stereocenters. The maximum atomic E-state index is 12.3. The third-order valence-corrected chi connectivity index (χ3v) is 6.16. The third-order valence-electron chi connectivity index (χ3n) is 5.08. The van der Waals surface area contributed by atoms with Gasteiger partial charge < -0.3 is 14.8 Å². The lowest BCUT2D eigenvalue weighted by Crippen LogP contribution is -2.25. The number of methoxy groups -OCH3 is 1. The quantitative estimate of drug-likeness (QED) is 0.272. The Morgan fingerprint density at radius 2 is 1.88 bits per heavy atom. The van der Waals surface area contributed by atoms with E-state index in [1.54, 1.807) is 13.3 Å². The molecule has 170 valence electrons. The molecule has 0 aliphatic carbocycles. The zero-order chi connectivity index (χ0) is 22.6. The SMILES string of the molecule is CCCCCCCOc1ccc(/C=N/N=C2/NC(=O)C(Cc3cccc(OC)c3)S2)cc1. The van der Waals surface area contributed by atoms with Crippen molar-refractivity contribution in [1.29, 1.82) is 0 Å². The second-order valence-electron chi connectivity index (χ2n) is 7.63. The van der Waals surface area contributed by atoms with Crippen molar-refractivity contribution in [3.63, 3.8) is 0 Å². The zero-order valence-corrected chi connectivity index (χ0v) is 19.6. The second-order valence-corrected chi connectivity index (χ2v) is 8.82. The number of unbranched alkanes of at least 4 members (excludes halogenated alkanes) is 4. The molecule has 7 heteroatoms. The topological polar surface area (TPSA) is 72.3 Å². The van der Waals surface area contributed by atoms with Gasteiger partial charge in [0.15, 0.2) is 5.17 Å². The van der Waals surface area contributed by atoms with Crippen molar-refractivity contribution in [3.8, 4) is 11.5 Å². The van der Waals surface area contributed by atoms with Gasteiger partial charge in [-0.05, 0) is 60.4 Å². The van der Waals surface area contributed by atoms with Gasteiger partial charge in [0.1, 0.15) is 11.5 Å². The van der Waals surface area contributed by atoms with Gasteiger partial charge in [-0.1, -0.05) is 56.5 Å². The Balaban J connectivity index is 1.45. The Hall–Kier alpha value is -2.80. The predicted octanol–water partition coefficient (Wildman–Crippen LogP) is 5.21. The minimum absolute atomic E-state index is 0.0528. The van der Waals surface area contributed by atoms with Crippen LogP contribution < -0.4 is 14.8 Å². The molecule has 0 spiro atoms. The van der Waals surface area contributed by atoms with Crippen molar-refractivity contribution in [1.82, 2.24) is 5.32 Å². The summed E-state index contributed by atoms with van der Waals surface area (Å²) >= 11 is 1.40. The van der Waals surface area contributed by atoms with E-state index in [4.69, 9.17) is 9.47 Å². The van der Waals surface area contributed by atoms with Crippen LogP contribution in [0.15, 0.2) is 58.7 Å². The lowest BCUT2D eigenvalue weighted by molar-refractivity contribution is -0.118. The Morgan fingerprint density at radius 1 is 1.06 bits per heavy atom. The summed E-state index contributed by atoms with van der Waals surface area (Å²) in [4.78, 5) is 12.3. The van der Waals surface area contributed by atoms with E-state index in [9.17, 15) is 4.79 Å². The first kappa shape index (κ1) is 23.9. The number of hydrogen-bond acceptors (Lipinski definition) is 6. The van der Waals surface area contributed by atoms with Gasteiger partial charge in [0.25, 0.3) is 0 Å². The van der Waals surface area contributed by atoms with Crippen LogP contribution in [0.5, 0.6) is 11.5 Å². The molecule has 1 amide bonds. The first-order valence-electron chi connectivity index (χ1n) is 11.1. The van der Waals surface area contributed by atoms with Crippen LogP contribution in [0.2, 0.25) is 0 Å². The number of amidine groups is 1. The molecule has 2 aromatic rings. The highest BCUT2D eigenvalue weighted by atomic mass is 32.2. The molecule has 0 aromatic heterocycles. The van der Waals surface area contributed by atoms with Crippen LogP contribution in [0.3, 0.4) is 0 Å². The molecule has 3 rings (SSSR count). The Bertz CT molecular complexity index is 928. The summed E-state index contributed by atoms with van der Waals surface area (Å²) in [5.74, 6) is 1.60. The smallest absolute Gasteiger partial charge is 0.239 e. The average Bonchev–Trinajstić information content (AvgIpc) is 3.16. The highest BCUT2D eigenvalue weighted by Gasteiger charge is 2.30. The van der Waals surface area contributed by atoms with Crippen molar-refractivity contribution in [3.05, 3.63) is 59.7 Å². The minimum atomic E-state index is -0.227. The fourth-order valence-electron chi connectivity index (χ4n) is 3.29. The lowest BCUT2D eigenvalue weighted by atomic mass is 10.1. The molecule has 0 bridgehead atoms. The lowest BCUT2D eigenvalue weighted by Gasteiger charge is -2.07. The summed E-state index contributed by atoms with van der Waals surface area (Å²) in [6.07, 6.45) is 8.41. The largest absolute Gasteiger partial charge is 0.497 e. The molecular weight excluding hydrogens is 422 g/mol. The fourth-order valence-corrected chi connectivity index (χ4v) is 4.26. The summed E-state index contributed by atoms with van der Waals surface area (Å²) in [6.45, 7) is 2.97. The van der Waals surface area contributed by atoms with E-state index in [2.05, 4.69) is 22.4 Å². The van der Waals surface area contributed by atoms with Crippen molar-refractivity contribution in [2.45, 2.75) is 50.7 Å². The Morgan fingerprint density at radius 3 is 2.66 bits per heavy atom. The van der Waals surface area contributed by atoms with Crippen LogP contribution >= 0.6 is 11.8 Å². The maximum Gasteiger partial charge on any atom is 0.239 e. The van der Waals surface area contributed by atoms with Crippen LogP contribution in [0, 0.1) is 0 Å². The van der Waals surface area contributed by atoms with E-state index in [1.807, 2.05) is 48.5 Å². The van der Waals surface area contributed by atoms with E-state index in [-0.39, 0.29) is 11.2 Å². The molecule has 0 saturated carbocycles.